The molecule has 168 valence electrons. The van der Waals surface area contributed by atoms with Gasteiger partial charge >= 0.3 is 6.18 Å². The molecule has 0 saturated carbocycles. The van der Waals surface area contributed by atoms with Gasteiger partial charge in [-0.2, -0.15) is 13.2 Å². The molecule has 0 aliphatic heterocycles. The zero-order valence-corrected chi connectivity index (χ0v) is 18.3. The van der Waals surface area contributed by atoms with Crippen LogP contribution in [0.1, 0.15) is 43.7 Å². The van der Waals surface area contributed by atoms with E-state index < -0.39 is 34.6 Å². The smallest absolute Gasteiger partial charge is 0.382 e. The van der Waals surface area contributed by atoms with Crippen LogP contribution in [-0.2, 0) is 6.18 Å². The Kier molecular flexibility index (Phi) is 6.86. The predicted molar refractivity (Wildman–Crippen MR) is 114 cm³/mol. The molecule has 1 atom stereocenters. The molecule has 0 bridgehead atoms. The molecule has 0 fully saturated rings. The average molecular weight is 505 g/mol. The third-order valence-corrected chi connectivity index (χ3v) is 5.89. The van der Waals surface area contributed by atoms with E-state index in [1.807, 2.05) is 0 Å². The number of carbonyl (C=O) groups is 2. The average Bonchev–Trinajstić information content (AvgIpc) is 3.19. The van der Waals surface area contributed by atoms with Crippen LogP contribution in [0.25, 0.3) is 0 Å². The number of thiazole rings is 1. The SMILES string of the molecule is CC(NC(=O)c1ncnc(N)c1Cl)c1ncc(C(=O)Nc2ccc(C(F)(F)F)c(Cl)c2)s1. The Bertz CT molecular complexity index is 1190. The van der Waals surface area contributed by atoms with Gasteiger partial charge in [-0.15, -0.1) is 11.3 Å². The highest BCUT2D eigenvalue weighted by molar-refractivity contribution is 7.13. The lowest BCUT2D eigenvalue weighted by Gasteiger charge is -2.12. The largest absolute Gasteiger partial charge is 0.417 e. The minimum absolute atomic E-state index is 0.0453. The van der Waals surface area contributed by atoms with E-state index in [1.165, 1.54) is 6.20 Å². The Morgan fingerprint density at radius 3 is 2.53 bits per heavy atom. The number of nitrogen functional groups attached to an aromatic ring is 1. The first-order chi connectivity index (χ1) is 15.0. The van der Waals surface area contributed by atoms with Gasteiger partial charge in [0.05, 0.1) is 22.8 Å². The highest BCUT2D eigenvalue weighted by Crippen LogP contribution is 2.36. The Labute approximate surface area is 193 Å². The van der Waals surface area contributed by atoms with Gasteiger partial charge in [-0.1, -0.05) is 23.2 Å². The van der Waals surface area contributed by atoms with Crippen LogP contribution in [0.5, 0.6) is 0 Å². The summed E-state index contributed by atoms with van der Waals surface area (Å²) in [6.45, 7) is 1.63. The maximum atomic E-state index is 12.8. The third kappa shape index (κ3) is 5.26. The zero-order valence-electron chi connectivity index (χ0n) is 16.0. The number of nitrogens with zero attached hydrogens (tertiary/aromatic N) is 3. The van der Waals surface area contributed by atoms with Crippen molar-refractivity contribution in [3.8, 4) is 0 Å². The fourth-order valence-corrected chi connectivity index (χ4v) is 3.76. The van der Waals surface area contributed by atoms with E-state index in [-0.39, 0.29) is 27.1 Å². The van der Waals surface area contributed by atoms with Gasteiger partial charge in [0.15, 0.2) is 5.69 Å². The molecule has 3 rings (SSSR count). The maximum Gasteiger partial charge on any atom is 0.417 e. The first-order valence-electron chi connectivity index (χ1n) is 8.68. The highest BCUT2D eigenvalue weighted by atomic mass is 35.5. The molecule has 32 heavy (non-hydrogen) atoms. The Morgan fingerprint density at radius 2 is 1.88 bits per heavy atom. The fourth-order valence-electron chi connectivity index (χ4n) is 2.48. The highest BCUT2D eigenvalue weighted by Gasteiger charge is 2.33. The minimum atomic E-state index is -4.60. The predicted octanol–water partition coefficient (Wildman–Crippen LogP) is 4.58. The van der Waals surface area contributed by atoms with E-state index in [0.29, 0.717) is 5.01 Å². The van der Waals surface area contributed by atoms with Crippen molar-refractivity contribution in [1.29, 1.82) is 0 Å². The first kappa shape index (κ1) is 23.7. The molecular formula is C18H13Cl2F3N6O2S. The van der Waals surface area contributed by atoms with Gasteiger partial charge in [-0.05, 0) is 25.1 Å². The molecule has 0 spiro atoms. The summed E-state index contributed by atoms with van der Waals surface area (Å²) >= 11 is 12.6. The molecule has 2 amide bonds. The number of halogens is 5. The second-order valence-electron chi connectivity index (χ2n) is 6.33. The van der Waals surface area contributed by atoms with Crippen molar-refractivity contribution in [1.82, 2.24) is 20.3 Å². The lowest BCUT2D eigenvalue weighted by atomic mass is 10.2. The van der Waals surface area contributed by atoms with Gasteiger partial charge in [-0.3, -0.25) is 9.59 Å². The van der Waals surface area contributed by atoms with Crippen LogP contribution in [0.2, 0.25) is 10.0 Å². The van der Waals surface area contributed by atoms with Gasteiger partial charge in [0.1, 0.15) is 27.1 Å². The number of amides is 2. The van der Waals surface area contributed by atoms with Crippen molar-refractivity contribution in [2.75, 3.05) is 11.1 Å². The quantitative estimate of drug-likeness (QED) is 0.467. The number of nitrogens with two attached hydrogens (primary N) is 1. The molecule has 2 heterocycles. The molecule has 0 aliphatic rings. The van der Waals surface area contributed by atoms with Crippen molar-refractivity contribution < 1.29 is 22.8 Å². The van der Waals surface area contributed by atoms with Crippen LogP contribution in [-0.4, -0.2) is 26.8 Å². The molecule has 2 aromatic heterocycles. The molecule has 1 unspecified atom stereocenters. The van der Waals surface area contributed by atoms with Gasteiger partial charge in [-0.25, -0.2) is 15.0 Å². The Hall–Kier alpha value is -2.96. The summed E-state index contributed by atoms with van der Waals surface area (Å²) in [5, 5.41) is 4.85. The van der Waals surface area contributed by atoms with Gasteiger partial charge in [0.2, 0.25) is 0 Å². The van der Waals surface area contributed by atoms with E-state index in [9.17, 15) is 22.8 Å². The van der Waals surface area contributed by atoms with Crippen LogP contribution in [0.3, 0.4) is 0 Å². The minimum Gasteiger partial charge on any atom is -0.382 e. The number of benzene rings is 1. The van der Waals surface area contributed by atoms with Crippen molar-refractivity contribution in [2.45, 2.75) is 19.1 Å². The van der Waals surface area contributed by atoms with Gasteiger partial charge < -0.3 is 16.4 Å². The second-order valence-corrected chi connectivity index (χ2v) is 8.17. The summed E-state index contributed by atoms with van der Waals surface area (Å²) in [6, 6.07) is 2.26. The van der Waals surface area contributed by atoms with E-state index >= 15 is 0 Å². The van der Waals surface area contributed by atoms with Crippen LogP contribution < -0.4 is 16.4 Å². The molecule has 14 heteroatoms. The van der Waals surface area contributed by atoms with Crippen molar-refractivity contribution in [3.05, 3.63) is 61.9 Å². The van der Waals surface area contributed by atoms with E-state index in [4.69, 9.17) is 28.9 Å². The summed E-state index contributed by atoms with van der Waals surface area (Å²) in [6.07, 6.45) is -2.23. The molecule has 0 radical (unpaired) electrons. The third-order valence-electron chi connectivity index (χ3n) is 4.03. The van der Waals surface area contributed by atoms with Crippen LogP contribution in [0.4, 0.5) is 24.7 Å². The molecule has 4 N–H and O–H groups in total. The lowest BCUT2D eigenvalue weighted by molar-refractivity contribution is -0.137. The van der Waals surface area contributed by atoms with Crippen LogP contribution in [0.15, 0.2) is 30.7 Å². The fraction of sp³-hybridized carbons (Fsp3) is 0.167. The summed E-state index contributed by atoms with van der Waals surface area (Å²) < 4.78 is 38.4. The van der Waals surface area contributed by atoms with Crippen molar-refractivity contribution in [2.24, 2.45) is 0 Å². The maximum absolute atomic E-state index is 12.8. The normalized spacial score (nSPS) is 12.3. The lowest BCUT2D eigenvalue weighted by Crippen LogP contribution is -2.28. The number of hydrogen-bond acceptors (Lipinski definition) is 7. The number of anilines is 2. The Morgan fingerprint density at radius 1 is 1.16 bits per heavy atom. The van der Waals surface area contributed by atoms with E-state index in [2.05, 4.69) is 25.6 Å². The summed E-state index contributed by atoms with van der Waals surface area (Å²) in [4.78, 5) is 36.6. The zero-order chi connectivity index (χ0) is 23.6. The first-order valence-corrected chi connectivity index (χ1v) is 10.2. The number of aromatic nitrogens is 3. The summed E-state index contributed by atoms with van der Waals surface area (Å²) in [5.74, 6) is -1.26. The Balaban J connectivity index is 1.68. The molecule has 8 nitrogen and oxygen atoms in total. The van der Waals surface area contributed by atoms with Crippen LogP contribution in [0, 0.1) is 0 Å². The van der Waals surface area contributed by atoms with Gasteiger partial charge in [0.25, 0.3) is 11.8 Å². The van der Waals surface area contributed by atoms with E-state index in [1.54, 1.807) is 6.92 Å². The number of nitrogens with one attached hydrogen (secondary N) is 2. The second kappa shape index (κ2) is 9.27. The number of carbonyl (C=O) groups excluding carboxylic acids is 2. The number of rotatable bonds is 5. The molecule has 1 aromatic carbocycles. The molecule has 0 saturated heterocycles. The van der Waals surface area contributed by atoms with Crippen LogP contribution >= 0.6 is 34.5 Å². The van der Waals surface area contributed by atoms with Gasteiger partial charge in [0, 0.05) is 5.69 Å². The molecule has 3 aromatic rings. The van der Waals surface area contributed by atoms with E-state index in [0.717, 1.165) is 35.9 Å². The van der Waals surface area contributed by atoms with Crippen molar-refractivity contribution >= 4 is 57.9 Å². The van der Waals surface area contributed by atoms with Crippen molar-refractivity contribution in [3.63, 3.8) is 0 Å². The standard InChI is InChI=1S/C18H13Cl2F3N6O2S/c1-7(28-16(31)13-12(20)14(24)27-6-26-13)17-25-5-11(32-17)15(30)29-8-2-3-9(10(19)4-8)18(21,22)23/h2-7H,1H3,(H,28,31)(H,29,30)(H2,24,26,27). The molecular weight excluding hydrogens is 492 g/mol. The number of hydrogen-bond donors (Lipinski definition) is 3. The number of alkyl halides is 3. The summed E-state index contributed by atoms with van der Waals surface area (Å²) in [5.41, 5.74) is 4.52. The topological polar surface area (TPSA) is 123 Å². The monoisotopic (exact) mass is 504 g/mol. The molecule has 0 aliphatic carbocycles. The summed E-state index contributed by atoms with van der Waals surface area (Å²) in [7, 11) is 0.